The van der Waals surface area contributed by atoms with E-state index in [-0.39, 0.29) is 12.3 Å². The third-order valence-corrected chi connectivity index (χ3v) is 5.78. The SMILES string of the molecule is CC1=C(CN(O)C(=O)OC(C)(C)C)C2=C(C)C3(CC3)[C@@](C)(O)C(=O)C2=C1. The van der Waals surface area contributed by atoms with E-state index >= 15 is 0 Å². The van der Waals surface area contributed by atoms with E-state index < -0.39 is 22.7 Å². The van der Waals surface area contributed by atoms with Gasteiger partial charge >= 0.3 is 6.09 Å². The minimum absolute atomic E-state index is 0.0705. The topological polar surface area (TPSA) is 87.1 Å². The molecule has 0 bridgehead atoms. The first-order valence-electron chi connectivity index (χ1n) is 8.92. The number of aliphatic hydroxyl groups is 1. The number of hydrogen-bond donors (Lipinski definition) is 2. The number of hydroxylamine groups is 2. The maximum atomic E-state index is 12.9. The Bertz CT molecular complexity index is 788. The molecule has 1 spiro atoms. The fourth-order valence-corrected chi connectivity index (χ4v) is 4.15. The fraction of sp³-hybridized carbons (Fsp3) is 0.600. The highest BCUT2D eigenvalue weighted by atomic mass is 16.6. The highest BCUT2D eigenvalue weighted by Gasteiger charge is 2.65. The molecule has 2 N–H and O–H groups in total. The van der Waals surface area contributed by atoms with Gasteiger partial charge in [-0.1, -0.05) is 5.57 Å². The van der Waals surface area contributed by atoms with Crippen LogP contribution < -0.4 is 0 Å². The lowest BCUT2D eigenvalue weighted by atomic mass is 9.67. The first kappa shape index (κ1) is 18.9. The maximum Gasteiger partial charge on any atom is 0.434 e. The van der Waals surface area contributed by atoms with Crippen molar-refractivity contribution in [1.82, 2.24) is 5.06 Å². The number of hydrogen-bond acceptors (Lipinski definition) is 5. The summed E-state index contributed by atoms with van der Waals surface area (Å²) >= 11 is 0. The maximum absolute atomic E-state index is 12.9. The van der Waals surface area contributed by atoms with Gasteiger partial charge in [0.1, 0.15) is 11.2 Å². The molecule has 3 aliphatic carbocycles. The van der Waals surface area contributed by atoms with Crippen molar-refractivity contribution in [3.63, 3.8) is 0 Å². The van der Waals surface area contributed by atoms with Crippen molar-refractivity contribution in [1.29, 1.82) is 0 Å². The molecule has 0 saturated heterocycles. The average Bonchev–Trinajstić information content (AvgIpc) is 3.25. The molecule has 1 fully saturated rings. The van der Waals surface area contributed by atoms with Gasteiger partial charge in [-0.2, -0.15) is 5.06 Å². The number of rotatable bonds is 2. The largest absolute Gasteiger partial charge is 0.442 e. The number of fused-ring (bicyclic) bond motifs is 1. The molecule has 26 heavy (non-hydrogen) atoms. The van der Waals surface area contributed by atoms with Gasteiger partial charge in [-0.3, -0.25) is 10.0 Å². The summed E-state index contributed by atoms with van der Waals surface area (Å²) in [5, 5.41) is 21.6. The van der Waals surface area contributed by atoms with Crippen LogP contribution >= 0.6 is 0 Å². The number of nitrogens with zero attached hydrogens (tertiary/aromatic N) is 1. The summed E-state index contributed by atoms with van der Waals surface area (Å²) in [6, 6.07) is 0. The summed E-state index contributed by atoms with van der Waals surface area (Å²) in [6.07, 6.45) is 2.42. The molecule has 0 aromatic rings. The Kier molecular flexibility index (Phi) is 4.02. The Morgan fingerprint density at radius 2 is 1.88 bits per heavy atom. The third-order valence-electron chi connectivity index (χ3n) is 5.78. The number of amides is 1. The van der Waals surface area contributed by atoms with Crippen LogP contribution in [-0.4, -0.2) is 45.0 Å². The molecule has 3 aliphatic rings. The predicted molar refractivity (Wildman–Crippen MR) is 95.5 cm³/mol. The Balaban J connectivity index is 1.93. The van der Waals surface area contributed by atoms with Crippen LogP contribution in [0.4, 0.5) is 4.79 Å². The van der Waals surface area contributed by atoms with Crippen molar-refractivity contribution in [3.8, 4) is 0 Å². The van der Waals surface area contributed by atoms with Gasteiger partial charge in [0.2, 0.25) is 0 Å². The van der Waals surface area contributed by atoms with Crippen molar-refractivity contribution < 1.29 is 24.6 Å². The molecule has 0 unspecified atom stereocenters. The molecule has 0 aromatic heterocycles. The molecular weight excluding hydrogens is 334 g/mol. The van der Waals surface area contributed by atoms with Gasteiger partial charge in [-0.25, -0.2) is 4.79 Å². The first-order valence-corrected chi connectivity index (χ1v) is 8.92. The summed E-state index contributed by atoms with van der Waals surface area (Å²) in [7, 11) is 0. The molecule has 6 heteroatoms. The first-order chi connectivity index (χ1) is 11.8. The van der Waals surface area contributed by atoms with Crippen LogP contribution in [0, 0.1) is 5.41 Å². The molecule has 0 aliphatic heterocycles. The third kappa shape index (κ3) is 2.63. The van der Waals surface area contributed by atoms with Gasteiger partial charge in [-0.15, -0.1) is 0 Å². The van der Waals surface area contributed by atoms with Crippen LogP contribution in [0.2, 0.25) is 0 Å². The number of ether oxygens (including phenoxy) is 1. The lowest BCUT2D eigenvalue weighted by Crippen LogP contribution is -2.49. The van der Waals surface area contributed by atoms with Gasteiger partial charge in [0.05, 0.1) is 6.54 Å². The van der Waals surface area contributed by atoms with E-state index in [4.69, 9.17) is 4.74 Å². The minimum atomic E-state index is -1.41. The summed E-state index contributed by atoms with van der Waals surface area (Å²) < 4.78 is 5.19. The normalized spacial score (nSPS) is 26.9. The van der Waals surface area contributed by atoms with E-state index in [2.05, 4.69) is 0 Å². The molecule has 1 saturated carbocycles. The Morgan fingerprint density at radius 3 is 2.38 bits per heavy atom. The summed E-state index contributed by atoms with van der Waals surface area (Å²) in [4.78, 5) is 25.0. The number of ketones is 1. The molecule has 3 rings (SSSR count). The van der Waals surface area contributed by atoms with E-state index in [1.54, 1.807) is 33.8 Å². The zero-order valence-electron chi connectivity index (χ0n) is 16.3. The molecule has 1 amide bonds. The number of Topliss-reactive ketones (excluding diaryl/α,β-unsaturated/α-hetero) is 1. The van der Waals surface area contributed by atoms with Gasteiger partial charge in [-0.05, 0) is 77.2 Å². The zero-order valence-corrected chi connectivity index (χ0v) is 16.3. The van der Waals surface area contributed by atoms with E-state index in [0.717, 1.165) is 35.1 Å². The van der Waals surface area contributed by atoms with Crippen molar-refractivity contribution in [2.45, 2.75) is 65.6 Å². The Morgan fingerprint density at radius 1 is 1.31 bits per heavy atom. The molecule has 0 radical (unpaired) electrons. The molecule has 0 aromatic carbocycles. The van der Waals surface area contributed by atoms with Gasteiger partial charge in [0, 0.05) is 11.0 Å². The number of carbonyl (C=O) groups is 2. The summed E-state index contributed by atoms with van der Waals surface area (Å²) in [6.45, 7) is 10.5. The smallest absolute Gasteiger partial charge is 0.434 e. The average molecular weight is 361 g/mol. The van der Waals surface area contributed by atoms with Crippen LogP contribution in [-0.2, 0) is 9.53 Å². The van der Waals surface area contributed by atoms with Crippen molar-refractivity contribution in [2.75, 3.05) is 6.54 Å². The fourth-order valence-electron chi connectivity index (χ4n) is 4.15. The van der Waals surface area contributed by atoms with Crippen molar-refractivity contribution in [3.05, 3.63) is 33.9 Å². The quantitative estimate of drug-likeness (QED) is 0.582. The number of carbonyl (C=O) groups excluding carboxylic acids is 2. The molecular formula is C20H27NO5. The van der Waals surface area contributed by atoms with Crippen LogP contribution in [0.1, 0.15) is 54.4 Å². The highest BCUT2D eigenvalue weighted by Crippen LogP contribution is 2.64. The van der Waals surface area contributed by atoms with Crippen LogP contribution in [0.3, 0.4) is 0 Å². The number of allylic oxidation sites excluding steroid dienone is 2. The van der Waals surface area contributed by atoms with E-state index in [1.807, 2.05) is 13.8 Å². The minimum Gasteiger partial charge on any atom is -0.442 e. The van der Waals surface area contributed by atoms with Crippen LogP contribution in [0.15, 0.2) is 33.9 Å². The van der Waals surface area contributed by atoms with Gasteiger partial charge in [0.15, 0.2) is 5.78 Å². The van der Waals surface area contributed by atoms with Gasteiger partial charge in [0.25, 0.3) is 0 Å². The molecule has 1 atom stereocenters. The van der Waals surface area contributed by atoms with E-state index in [9.17, 15) is 19.9 Å². The zero-order chi connectivity index (χ0) is 19.7. The Hall–Kier alpha value is -1.92. The lowest BCUT2D eigenvalue weighted by molar-refractivity contribution is -0.137. The van der Waals surface area contributed by atoms with E-state index in [1.165, 1.54) is 0 Å². The highest BCUT2D eigenvalue weighted by molar-refractivity contribution is 6.10. The monoisotopic (exact) mass is 361 g/mol. The second kappa shape index (κ2) is 5.54. The van der Waals surface area contributed by atoms with E-state index in [0.29, 0.717) is 10.6 Å². The second-order valence-electron chi connectivity index (χ2n) is 8.74. The lowest BCUT2D eigenvalue weighted by Gasteiger charge is -2.39. The molecule has 0 heterocycles. The predicted octanol–water partition coefficient (Wildman–Crippen LogP) is 3.30. The summed E-state index contributed by atoms with van der Waals surface area (Å²) in [5.74, 6) is -0.285. The van der Waals surface area contributed by atoms with Crippen molar-refractivity contribution in [2.24, 2.45) is 5.41 Å². The second-order valence-corrected chi connectivity index (χ2v) is 8.74. The Labute approximate surface area is 153 Å². The van der Waals surface area contributed by atoms with Gasteiger partial charge < -0.3 is 9.84 Å². The van der Waals surface area contributed by atoms with Crippen LogP contribution in [0.5, 0.6) is 0 Å². The molecule has 6 nitrogen and oxygen atoms in total. The summed E-state index contributed by atoms with van der Waals surface area (Å²) in [5.41, 5.74) is 1.06. The standard InChI is InChI=1S/C20H27NO5/c1-11-9-13-15(12(2)20(7-8-20)19(6,24)16(13)22)14(11)10-21(25)17(23)26-18(3,4)5/h9,24-25H,7-8,10H2,1-6H3/t19-/m0/s1. The molecule has 142 valence electrons. The van der Waals surface area contributed by atoms with Crippen LogP contribution in [0.25, 0.3) is 0 Å². The van der Waals surface area contributed by atoms with Crippen molar-refractivity contribution >= 4 is 11.9 Å².